The Hall–Kier alpha value is -0.160. The van der Waals surface area contributed by atoms with E-state index in [2.05, 4.69) is 13.8 Å². The Morgan fingerprint density at radius 2 is 1.58 bits per heavy atom. The highest BCUT2D eigenvalue weighted by Gasteiger charge is 2.25. The van der Waals surface area contributed by atoms with Gasteiger partial charge in [0.25, 0.3) is 0 Å². The summed E-state index contributed by atoms with van der Waals surface area (Å²) in [6.07, 6.45) is 2.48. The lowest BCUT2D eigenvalue weighted by molar-refractivity contribution is -0.0831. The standard InChI is InChI=1S/C15H32N2O2/c1-7-15(6,10-12(2)16)18-9-8-14(4,5)19-11-13(3)17/h12-13,16-17H,7-11H2,1-6H3/q-2. The molecule has 4 nitrogen and oxygen atoms in total. The van der Waals surface area contributed by atoms with E-state index in [1.807, 2.05) is 27.7 Å². The summed E-state index contributed by atoms with van der Waals surface area (Å²) in [5.74, 6) is 0. The molecule has 0 aliphatic heterocycles. The summed E-state index contributed by atoms with van der Waals surface area (Å²) in [6, 6.07) is -0.288. The summed E-state index contributed by atoms with van der Waals surface area (Å²) < 4.78 is 11.7. The molecule has 0 fully saturated rings. The monoisotopic (exact) mass is 272 g/mol. The zero-order valence-electron chi connectivity index (χ0n) is 13.5. The van der Waals surface area contributed by atoms with Crippen LogP contribution in [0.2, 0.25) is 0 Å². The minimum Gasteiger partial charge on any atom is -0.675 e. The summed E-state index contributed by atoms with van der Waals surface area (Å²) in [4.78, 5) is 0. The molecule has 0 aliphatic carbocycles. The molecular formula is C15H32N2O2-2. The van der Waals surface area contributed by atoms with Crippen molar-refractivity contribution in [2.24, 2.45) is 0 Å². The Morgan fingerprint density at radius 3 is 2.00 bits per heavy atom. The van der Waals surface area contributed by atoms with Crippen LogP contribution in [0.1, 0.15) is 60.8 Å². The van der Waals surface area contributed by atoms with Gasteiger partial charge in [0, 0.05) is 6.61 Å². The van der Waals surface area contributed by atoms with Crippen molar-refractivity contribution in [3.63, 3.8) is 0 Å². The van der Waals surface area contributed by atoms with Crippen molar-refractivity contribution in [3.05, 3.63) is 11.5 Å². The molecule has 3 unspecified atom stereocenters. The minimum atomic E-state index is -0.253. The Kier molecular flexibility index (Phi) is 8.13. The van der Waals surface area contributed by atoms with E-state index in [0.29, 0.717) is 13.2 Å². The molecule has 0 aromatic rings. The first-order valence-corrected chi connectivity index (χ1v) is 7.30. The Labute approximate surface area is 119 Å². The van der Waals surface area contributed by atoms with Crippen LogP contribution in [-0.2, 0) is 9.47 Å². The van der Waals surface area contributed by atoms with Crippen molar-refractivity contribution < 1.29 is 9.47 Å². The summed E-state index contributed by atoms with van der Waals surface area (Å²) in [5, 5.41) is 0. The van der Waals surface area contributed by atoms with E-state index < -0.39 is 0 Å². The van der Waals surface area contributed by atoms with Crippen LogP contribution in [0.4, 0.5) is 0 Å². The van der Waals surface area contributed by atoms with Crippen molar-refractivity contribution in [2.75, 3.05) is 13.2 Å². The summed E-state index contributed by atoms with van der Waals surface area (Å²) in [6.45, 7) is 13.1. The molecule has 3 atom stereocenters. The van der Waals surface area contributed by atoms with Gasteiger partial charge in [-0.2, -0.15) is 0 Å². The van der Waals surface area contributed by atoms with Gasteiger partial charge in [-0.05, 0) is 40.0 Å². The van der Waals surface area contributed by atoms with Gasteiger partial charge in [0.15, 0.2) is 0 Å². The second-order valence-corrected chi connectivity index (χ2v) is 6.48. The third kappa shape index (κ3) is 9.38. The van der Waals surface area contributed by atoms with Crippen LogP contribution in [0.15, 0.2) is 0 Å². The van der Waals surface area contributed by atoms with Gasteiger partial charge in [-0.1, -0.05) is 20.8 Å². The van der Waals surface area contributed by atoms with E-state index in [1.54, 1.807) is 0 Å². The average molecular weight is 272 g/mol. The Balaban J connectivity index is 4.10. The molecule has 0 heterocycles. The summed E-state index contributed by atoms with van der Waals surface area (Å²) in [7, 11) is 0. The fraction of sp³-hybridized carbons (Fsp3) is 1.00. The number of ether oxygens (including phenoxy) is 2. The molecular weight excluding hydrogens is 240 g/mol. The van der Waals surface area contributed by atoms with Crippen LogP contribution in [0.3, 0.4) is 0 Å². The molecule has 0 spiro atoms. The van der Waals surface area contributed by atoms with Gasteiger partial charge in [0.1, 0.15) is 0 Å². The van der Waals surface area contributed by atoms with Crippen molar-refractivity contribution in [1.82, 2.24) is 0 Å². The van der Waals surface area contributed by atoms with Crippen molar-refractivity contribution in [3.8, 4) is 0 Å². The summed E-state index contributed by atoms with van der Waals surface area (Å²) >= 11 is 0. The zero-order valence-corrected chi connectivity index (χ0v) is 13.5. The van der Waals surface area contributed by atoms with Crippen LogP contribution >= 0.6 is 0 Å². The van der Waals surface area contributed by atoms with Crippen molar-refractivity contribution in [2.45, 2.75) is 84.1 Å². The maximum Gasteiger partial charge on any atom is 0.0647 e. The van der Waals surface area contributed by atoms with Crippen molar-refractivity contribution >= 4 is 0 Å². The molecule has 0 aliphatic rings. The summed E-state index contributed by atoms with van der Waals surface area (Å²) in [5.41, 5.74) is 14.7. The number of hydrogen-bond acceptors (Lipinski definition) is 2. The van der Waals surface area contributed by atoms with Gasteiger partial charge in [-0.15, -0.1) is 12.1 Å². The number of nitrogens with one attached hydrogen (secondary N) is 2. The van der Waals surface area contributed by atoms with Crippen molar-refractivity contribution in [1.29, 1.82) is 0 Å². The quantitative estimate of drug-likeness (QED) is 0.582. The van der Waals surface area contributed by atoms with E-state index in [9.17, 15) is 0 Å². The van der Waals surface area contributed by atoms with Gasteiger partial charge in [-0.25, -0.2) is 0 Å². The minimum absolute atomic E-state index is 0.0987. The Bertz CT molecular complexity index is 242. The first-order chi connectivity index (χ1) is 8.60. The molecule has 0 aromatic heterocycles. The second kappa shape index (κ2) is 8.20. The SMILES string of the molecule is CCC(C)(CC(C)[NH-])OCCC(C)(C)OCC(C)[NH-]. The molecule has 4 heteroatoms. The molecule has 116 valence electrons. The molecule has 0 bridgehead atoms. The zero-order chi connectivity index (χ0) is 15.1. The normalized spacial score (nSPS) is 18.9. The Morgan fingerprint density at radius 1 is 1.00 bits per heavy atom. The first kappa shape index (κ1) is 18.8. The van der Waals surface area contributed by atoms with Gasteiger partial charge in [-0.3, -0.25) is 0 Å². The van der Waals surface area contributed by atoms with E-state index in [0.717, 1.165) is 19.3 Å². The maximum atomic E-state index is 7.68. The van der Waals surface area contributed by atoms with Gasteiger partial charge in [0.2, 0.25) is 0 Å². The smallest absolute Gasteiger partial charge is 0.0647 e. The third-order valence-corrected chi connectivity index (χ3v) is 3.36. The molecule has 0 rings (SSSR count). The molecule has 0 aromatic carbocycles. The fourth-order valence-electron chi connectivity index (χ4n) is 1.92. The van der Waals surface area contributed by atoms with Crippen LogP contribution < -0.4 is 0 Å². The van der Waals surface area contributed by atoms with Gasteiger partial charge < -0.3 is 20.9 Å². The van der Waals surface area contributed by atoms with E-state index >= 15 is 0 Å². The maximum absolute atomic E-state index is 7.68. The molecule has 19 heavy (non-hydrogen) atoms. The molecule has 0 radical (unpaired) electrons. The first-order valence-electron chi connectivity index (χ1n) is 7.30. The van der Waals surface area contributed by atoms with E-state index in [-0.39, 0.29) is 23.3 Å². The van der Waals surface area contributed by atoms with Gasteiger partial charge in [0.05, 0.1) is 17.8 Å². The molecule has 0 amide bonds. The topological polar surface area (TPSA) is 66.1 Å². The molecule has 2 N–H and O–H groups in total. The average Bonchev–Trinajstić information content (AvgIpc) is 2.25. The lowest BCUT2D eigenvalue weighted by atomic mass is 9.94. The largest absolute Gasteiger partial charge is 0.675 e. The van der Waals surface area contributed by atoms with Crippen LogP contribution in [0.25, 0.3) is 11.5 Å². The lowest BCUT2D eigenvalue weighted by Crippen LogP contribution is -2.35. The predicted octanol–water partition coefficient (Wildman–Crippen LogP) is 4.63. The third-order valence-electron chi connectivity index (χ3n) is 3.36. The second-order valence-electron chi connectivity index (χ2n) is 6.48. The molecule has 0 saturated carbocycles. The van der Waals surface area contributed by atoms with Crippen LogP contribution in [-0.4, -0.2) is 36.5 Å². The number of hydrogen-bond donors (Lipinski definition) is 0. The van der Waals surface area contributed by atoms with E-state index in [1.165, 1.54) is 0 Å². The van der Waals surface area contributed by atoms with Crippen LogP contribution in [0, 0.1) is 0 Å². The fourth-order valence-corrected chi connectivity index (χ4v) is 1.92. The highest BCUT2D eigenvalue weighted by Crippen LogP contribution is 2.24. The highest BCUT2D eigenvalue weighted by atomic mass is 16.5. The predicted molar refractivity (Wildman–Crippen MR) is 81.5 cm³/mol. The lowest BCUT2D eigenvalue weighted by Gasteiger charge is -2.35. The molecule has 0 saturated heterocycles. The van der Waals surface area contributed by atoms with Crippen LogP contribution in [0.5, 0.6) is 0 Å². The van der Waals surface area contributed by atoms with Gasteiger partial charge >= 0.3 is 0 Å². The highest BCUT2D eigenvalue weighted by molar-refractivity contribution is 4.83. The van der Waals surface area contributed by atoms with E-state index in [4.69, 9.17) is 20.9 Å². The number of rotatable bonds is 10.